The van der Waals surface area contributed by atoms with Crippen molar-refractivity contribution in [2.75, 3.05) is 11.1 Å². The van der Waals surface area contributed by atoms with Crippen LogP contribution < -0.4 is 15.8 Å². The second kappa shape index (κ2) is 6.78. The number of halogens is 1. The number of nitrogens with one attached hydrogen (secondary N) is 1. The number of hydrogen-bond acceptors (Lipinski definition) is 7. The van der Waals surface area contributed by atoms with Gasteiger partial charge in [-0.3, -0.25) is 0 Å². The quantitative estimate of drug-likeness (QED) is 0.505. The Morgan fingerprint density at radius 2 is 2.00 bits per heavy atom. The van der Waals surface area contributed by atoms with E-state index in [1.165, 1.54) is 17.7 Å². The lowest BCUT2D eigenvalue weighted by atomic mass is 10.2. The van der Waals surface area contributed by atoms with E-state index in [0.29, 0.717) is 27.4 Å². The summed E-state index contributed by atoms with van der Waals surface area (Å²) in [7, 11) is 0. The first-order valence-electron chi connectivity index (χ1n) is 7.77. The lowest BCUT2D eigenvalue weighted by Crippen LogP contribution is -2.03. The average molecular weight is 384 g/mol. The smallest absolute Gasteiger partial charge is 0.248 e. The highest BCUT2D eigenvalue weighted by Crippen LogP contribution is 2.34. The van der Waals surface area contributed by atoms with Crippen molar-refractivity contribution in [1.29, 1.82) is 0 Å². The molecule has 0 radical (unpaired) electrons. The Balaban J connectivity index is 1.61. The van der Waals surface area contributed by atoms with Crippen molar-refractivity contribution in [3.8, 4) is 11.6 Å². The van der Waals surface area contributed by atoms with Crippen molar-refractivity contribution in [2.45, 2.75) is 6.92 Å². The Morgan fingerprint density at radius 1 is 1.15 bits per heavy atom. The molecule has 0 aliphatic heterocycles. The van der Waals surface area contributed by atoms with Crippen LogP contribution in [0, 0.1) is 6.92 Å². The molecule has 2 heterocycles. The molecule has 0 spiro atoms. The minimum absolute atomic E-state index is 0.269. The SMILES string of the molecule is Cc1cc(Oc2ncnc(Nc3nc4ccccc4s3)c2N)ccc1Cl. The van der Waals surface area contributed by atoms with Gasteiger partial charge in [0, 0.05) is 5.02 Å². The van der Waals surface area contributed by atoms with E-state index in [4.69, 9.17) is 22.1 Å². The zero-order valence-electron chi connectivity index (χ0n) is 13.7. The molecule has 4 aromatic rings. The van der Waals surface area contributed by atoms with Gasteiger partial charge in [0.05, 0.1) is 10.2 Å². The van der Waals surface area contributed by atoms with E-state index < -0.39 is 0 Å². The normalized spacial score (nSPS) is 10.8. The largest absolute Gasteiger partial charge is 0.437 e. The van der Waals surface area contributed by atoms with E-state index in [9.17, 15) is 0 Å². The maximum atomic E-state index is 6.18. The predicted octanol–water partition coefficient (Wildman–Crippen LogP) is 5.17. The Bertz CT molecular complexity index is 1070. The summed E-state index contributed by atoms with van der Waals surface area (Å²) >= 11 is 7.56. The van der Waals surface area contributed by atoms with Crippen molar-refractivity contribution in [1.82, 2.24) is 15.0 Å². The number of nitrogens with two attached hydrogens (primary N) is 1. The van der Waals surface area contributed by atoms with Gasteiger partial charge in [-0.15, -0.1) is 0 Å². The molecule has 8 heteroatoms. The maximum Gasteiger partial charge on any atom is 0.248 e. The maximum absolute atomic E-state index is 6.18. The number of para-hydroxylation sites is 1. The van der Waals surface area contributed by atoms with Gasteiger partial charge >= 0.3 is 0 Å². The number of nitrogen functional groups attached to an aromatic ring is 1. The van der Waals surface area contributed by atoms with Crippen LogP contribution in [0.4, 0.5) is 16.6 Å². The zero-order valence-corrected chi connectivity index (χ0v) is 15.3. The number of thiazole rings is 1. The second-order valence-electron chi connectivity index (χ2n) is 5.57. The van der Waals surface area contributed by atoms with Gasteiger partial charge in [0.15, 0.2) is 10.9 Å². The second-order valence-corrected chi connectivity index (χ2v) is 7.00. The Hall–Kier alpha value is -2.90. The standard InChI is InChI=1S/C18H14ClN5OS/c1-10-8-11(6-7-12(10)19)25-17-15(20)16(21-9-22-17)24-18-23-13-4-2-3-5-14(13)26-18/h2-9H,20H2,1H3,(H,21,22,23,24). The number of aryl methyl sites for hydroxylation is 1. The van der Waals surface area contributed by atoms with E-state index >= 15 is 0 Å². The Labute approximate surface area is 158 Å². The first kappa shape index (κ1) is 16.6. The Kier molecular flexibility index (Phi) is 4.32. The molecule has 0 bridgehead atoms. The number of fused-ring (bicyclic) bond motifs is 1. The van der Waals surface area contributed by atoms with Crippen LogP contribution in [0.3, 0.4) is 0 Å². The van der Waals surface area contributed by atoms with Crippen molar-refractivity contribution in [2.24, 2.45) is 0 Å². The van der Waals surface area contributed by atoms with Gasteiger partial charge in [-0.2, -0.15) is 4.98 Å². The highest BCUT2D eigenvalue weighted by atomic mass is 35.5. The van der Waals surface area contributed by atoms with Crippen LogP contribution in [-0.4, -0.2) is 15.0 Å². The van der Waals surface area contributed by atoms with E-state index in [-0.39, 0.29) is 5.88 Å². The zero-order chi connectivity index (χ0) is 18.1. The summed E-state index contributed by atoms with van der Waals surface area (Å²) in [5.74, 6) is 1.31. The van der Waals surface area contributed by atoms with Crippen LogP contribution in [0.5, 0.6) is 11.6 Å². The molecule has 0 saturated carbocycles. The van der Waals surface area contributed by atoms with Gasteiger partial charge < -0.3 is 15.8 Å². The fourth-order valence-corrected chi connectivity index (χ4v) is 3.36. The summed E-state index contributed by atoms with van der Waals surface area (Å²) in [6.45, 7) is 1.90. The third-order valence-corrected chi connectivity index (χ3v) is 5.09. The van der Waals surface area contributed by atoms with Crippen molar-refractivity contribution in [3.05, 3.63) is 59.4 Å². The fourth-order valence-electron chi connectivity index (χ4n) is 2.38. The molecule has 6 nitrogen and oxygen atoms in total. The molecule has 4 rings (SSSR count). The molecule has 0 atom stereocenters. The van der Waals surface area contributed by atoms with Crippen LogP contribution in [0.25, 0.3) is 10.2 Å². The van der Waals surface area contributed by atoms with Gasteiger partial charge in [-0.25, -0.2) is 9.97 Å². The molecule has 2 aromatic heterocycles. The van der Waals surface area contributed by atoms with Gasteiger partial charge in [-0.1, -0.05) is 35.1 Å². The number of ether oxygens (including phenoxy) is 1. The lowest BCUT2D eigenvalue weighted by Gasteiger charge is -2.11. The van der Waals surface area contributed by atoms with Crippen molar-refractivity contribution >= 4 is 49.8 Å². The third-order valence-electron chi connectivity index (χ3n) is 3.71. The Morgan fingerprint density at radius 3 is 2.81 bits per heavy atom. The van der Waals surface area contributed by atoms with Gasteiger partial charge in [0.1, 0.15) is 17.8 Å². The fraction of sp³-hybridized carbons (Fsp3) is 0.0556. The minimum atomic E-state index is 0.269. The third kappa shape index (κ3) is 3.26. The van der Waals surface area contributed by atoms with Crippen molar-refractivity contribution < 1.29 is 4.74 Å². The van der Waals surface area contributed by atoms with Crippen LogP contribution in [0.1, 0.15) is 5.56 Å². The molecule has 0 aliphatic carbocycles. The lowest BCUT2D eigenvalue weighted by molar-refractivity contribution is 0.464. The van der Waals surface area contributed by atoms with Gasteiger partial charge in [-0.05, 0) is 42.8 Å². The molecule has 0 unspecified atom stereocenters. The minimum Gasteiger partial charge on any atom is -0.437 e. The number of hydrogen-bond donors (Lipinski definition) is 2. The molecular formula is C18H14ClN5OS. The number of nitrogens with zero attached hydrogens (tertiary/aromatic N) is 3. The molecule has 130 valence electrons. The summed E-state index contributed by atoms with van der Waals surface area (Å²) in [6.07, 6.45) is 1.39. The summed E-state index contributed by atoms with van der Waals surface area (Å²) in [4.78, 5) is 12.8. The van der Waals surface area contributed by atoms with Crippen LogP contribution in [0.15, 0.2) is 48.8 Å². The molecule has 26 heavy (non-hydrogen) atoms. The highest BCUT2D eigenvalue weighted by molar-refractivity contribution is 7.22. The number of anilines is 3. The van der Waals surface area contributed by atoms with Crippen molar-refractivity contribution in [3.63, 3.8) is 0 Å². The summed E-state index contributed by atoms with van der Waals surface area (Å²) < 4.78 is 6.87. The molecule has 0 fully saturated rings. The van der Waals surface area contributed by atoms with E-state index in [1.54, 1.807) is 12.1 Å². The van der Waals surface area contributed by atoms with E-state index in [2.05, 4.69) is 20.3 Å². The predicted molar refractivity (Wildman–Crippen MR) is 106 cm³/mol. The number of benzene rings is 2. The molecule has 2 aromatic carbocycles. The van der Waals surface area contributed by atoms with E-state index in [0.717, 1.165) is 15.8 Å². The number of rotatable bonds is 4. The molecule has 0 amide bonds. The average Bonchev–Trinajstić information content (AvgIpc) is 3.04. The van der Waals surface area contributed by atoms with Crippen LogP contribution in [-0.2, 0) is 0 Å². The monoisotopic (exact) mass is 383 g/mol. The van der Waals surface area contributed by atoms with Gasteiger partial charge in [0.25, 0.3) is 0 Å². The topological polar surface area (TPSA) is 86.0 Å². The van der Waals surface area contributed by atoms with E-state index in [1.807, 2.05) is 37.3 Å². The summed E-state index contributed by atoms with van der Waals surface area (Å²) in [5.41, 5.74) is 8.31. The summed E-state index contributed by atoms with van der Waals surface area (Å²) in [6, 6.07) is 13.2. The number of aromatic nitrogens is 3. The van der Waals surface area contributed by atoms with Crippen LogP contribution >= 0.6 is 22.9 Å². The molecule has 0 aliphatic rings. The molecule has 0 saturated heterocycles. The molecular weight excluding hydrogens is 370 g/mol. The summed E-state index contributed by atoms with van der Waals surface area (Å²) in [5, 5.41) is 4.51. The van der Waals surface area contributed by atoms with Gasteiger partial charge in [0.2, 0.25) is 5.88 Å². The molecule has 3 N–H and O–H groups in total. The highest BCUT2D eigenvalue weighted by Gasteiger charge is 2.13. The van der Waals surface area contributed by atoms with Crippen LogP contribution in [0.2, 0.25) is 5.02 Å². The first-order valence-corrected chi connectivity index (χ1v) is 8.96. The first-order chi connectivity index (χ1) is 12.6.